The van der Waals surface area contributed by atoms with E-state index >= 15 is 0 Å². The van der Waals surface area contributed by atoms with Crippen LogP contribution in [0.3, 0.4) is 0 Å². The summed E-state index contributed by atoms with van der Waals surface area (Å²) in [5.41, 5.74) is -0.157. The fourth-order valence-electron chi connectivity index (χ4n) is 2.71. The van der Waals surface area contributed by atoms with Crippen molar-refractivity contribution in [1.29, 1.82) is 0 Å². The number of benzene rings is 1. The molecule has 0 spiro atoms. The molecule has 0 aliphatic rings. The van der Waals surface area contributed by atoms with Crippen molar-refractivity contribution in [2.45, 2.75) is 32.0 Å². The third kappa shape index (κ3) is 3.84. The van der Waals surface area contributed by atoms with E-state index in [1.54, 1.807) is 28.9 Å². The summed E-state index contributed by atoms with van der Waals surface area (Å²) in [6.07, 6.45) is 1.60. The molecule has 1 atom stereocenters. The molecule has 0 unspecified atom stereocenters. The average molecular weight is 362 g/mol. The van der Waals surface area contributed by atoms with Crippen LogP contribution < -0.4 is 5.32 Å². The quantitative estimate of drug-likeness (QED) is 0.746. The Bertz CT molecular complexity index is 887. The van der Waals surface area contributed by atoms with E-state index in [0.29, 0.717) is 24.2 Å². The van der Waals surface area contributed by atoms with Crippen molar-refractivity contribution >= 4 is 11.7 Å². The number of amides is 1. The Morgan fingerprint density at radius 3 is 2.81 bits per heavy atom. The second kappa shape index (κ2) is 7.15. The van der Waals surface area contributed by atoms with Gasteiger partial charge in [-0.3, -0.25) is 9.20 Å². The first-order valence-electron chi connectivity index (χ1n) is 8.16. The molecule has 26 heavy (non-hydrogen) atoms. The van der Waals surface area contributed by atoms with E-state index in [1.165, 1.54) is 12.3 Å². The zero-order valence-electron chi connectivity index (χ0n) is 14.0. The summed E-state index contributed by atoms with van der Waals surface area (Å²) in [7, 11) is 0. The second-order valence-electron chi connectivity index (χ2n) is 5.89. The molecule has 2 heterocycles. The highest BCUT2D eigenvalue weighted by Crippen LogP contribution is 2.31. The maximum absolute atomic E-state index is 13.0. The van der Waals surface area contributed by atoms with Gasteiger partial charge in [-0.15, -0.1) is 0 Å². The smallest absolute Gasteiger partial charge is 0.344 e. The molecule has 0 bridgehead atoms. The van der Waals surface area contributed by atoms with Crippen molar-refractivity contribution < 1.29 is 18.0 Å². The standard InChI is InChI=1S/C18H17F3N4O/c1-2-5-14(12-6-3-7-13(10-12)18(19,20)21)23-16(26)15-11-25-9-4-8-22-17(25)24-15/h3-4,6-11,14H,2,5H2,1H3,(H,23,26)/t14-/m1/s1. The van der Waals surface area contributed by atoms with E-state index in [1.807, 2.05) is 6.92 Å². The number of hydrogen-bond donors (Lipinski definition) is 1. The lowest BCUT2D eigenvalue weighted by molar-refractivity contribution is -0.137. The van der Waals surface area contributed by atoms with Crippen LogP contribution >= 0.6 is 0 Å². The maximum Gasteiger partial charge on any atom is 0.416 e. The minimum atomic E-state index is -4.43. The van der Waals surface area contributed by atoms with Crippen molar-refractivity contribution in [3.63, 3.8) is 0 Å². The zero-order chi connectivity index (χ0) is 18.7. The van der Waals surface area contributed by atoms with Crippen molar-refractivity contribution in [3.8, 4) is 0 Å². The first kappa shape index (κ1) is 17.9. The molecule has 0 saturated carbocycles. The van der Waals surface area contributed by atoms with Gasteiger partial charge in [0.1, 0.15) is 5.69 Å². The van der Waals surface area contributed by atoms with Crippen LogP contribution in [-0.4, -0.2) is 20.3 Å². The SMILES string of the molecule is CCC[C@@H](NC(=O)c1cn2cccnc2n1)c1cccc(C(F)(F)F)c1. The lowest BCUT2D eigenvalue weighted by Crippen LogP contribution is -2.29. The molecule has 0 fully saturated rings. The molecule has 0 saturated heterocycles. The van der Waals surface area contributed by atoms with E-state index in [2.05, 4.69) is 15.3 Å². The van der Waals surface area contributed by atoms with Gasteiger partial charge in [0.25, 0.3) is 5.91 Å². The van der Waals surface area contributed by atoms with Crippen molar-refractivity contribution in [3.05, 3.63) is 65.7 Å². The number of nitrogens with one attached hydrogen (secondary N) is 1. The highest BCUT2D eigenvalue weighted by atomic mass is 19.4. The van der Waals surface area contributed by atoms with Gasteiger partial charge in [-0.2, -0.15) is 13.2 Å². The highest BCUT2D eigenvalue weighted by Gasteiger charge is 2.31. The molecule has 8 heteroatoms. The average Bonchev–Trinajstić information content (AvgIpc) is 3.05. The van der Waals surface area contributed by atoms with E-state index in [9.17, 15) is 18.0 Å². The number of carbonyl (C=O) groups is 1. The number of carbonyl (C=O) groups excluding carboxylic acids is 1. The van der Waals surface area contributed by atoms with E-state index in [-0.39, 0.29) is 5.69 Å². The fraction of sp³-hybridized carbons (Fsp3) is 0.278. The van der Waals surface area contributed by atoms with Crippen LogP contribution in [0.1, 0.15) is 47.4 Å². The monoisotopic (exact) mass is 362 g/mol. The summed E-state index contributed by atoms with van der Waals surface area (Å²) in [6, 6.07) is 6.20. The number of halogens is 3. The fourth-order valence-corrected chi connectivity index (χ4v) is 2.71. The molecule has 1 amide bonds. The normalized spacial score (nSPS) is 12.9. The van der Waals surface area contributed by atoms with Crippen molar-refractivity contribution in [1.82, 2.24) is 19.7 Å². The van der Waals surface area contributed by atoms with Crippen LogP contribution in [0.5, 0.6) is 0 Å². The Morgan fingerprint density at radius 1 is 1.31 bits per heavy atom. The molecule has 3 aromatic rings. The number of hydrogen-bond acceptors (Lipinski definition) is 3. The predicted molar refractivity (Wildman–Crippen MR) is 89.5 cm³/mol. The number of rotatable bonds is 5. The molecule has 3 rings (SSSR count). The highest BCUT2D eigenvalue weighted by molar-refractivity contribution is 5.93. The summed E-state index contributed by atoms with van der Waals surface area (Å²) in [5.74, 6) is -0.0740. The Labute approximate surface area is 147 Å². The van der Waals surface area contributed by atoms with Crippen LogP contribution in [0.2, 0.25) is 0 Å². The zero-order valence-corrected chi connectivity index (χ0v) is 14.0. The van der Waals surface area contributed by atoms with E-state index in [0.717, 1.165) is 12.1 Å². The molecule has 0 aliphatic heterocycles. The summed E-state index contributed by atoms with van der Waals surface area (Å²) < 4.78 is 40.5. The molecule has 5 nitrogen and oxygen atoms in total. The number of alkyl halides is 3. The third-order valence-corrected chi connectivity index (χ3v) is 3.97. The van der Waals surface area contributed by atoms with Gasteiger partial charge in [-0.25, -0.2) is 9.97 Å². The van der Waals surface area contributed by atoms with Crippen LogP contribution in [0.15, 0.2) is 48.9 Å². The molecule has 1 N–H and O–H groups in total. The summed E-state index contributed by atoms with van der Waals surface area (Å²) in [4.78, 5) is 20.7. The summed E-state index contributed by atoms with van der Waals surface area (Å²) in [5, 5.41) is 2.78. The van der Waals surface area contributed by atoms with Crippen LogP contribution in [0.4, 0.5) is 13.2 Å². The summed E-state index contributed by atoms with van der Waals surface area (Å²) >= 11 is 0. The lowest BCUT2D eigenvalue weighted by Gasteiger charge is -2.19. The van der Waals surface area contributed by atoms with Gasteiger partial charge in [-0.1, -0.05) is 25.5 Å². The Hall–Kier alpha value is -2.90. The molecular weight excluding hydrogens is 345 g/mol. The van der Waals surface area contributed by atoms with Crippen LogP contribution in [0.25, 0.3) is 5.78 Å². The Kier molecular flexibility index (Phi) is 4.92. The molecule has 1 aromatic carbocycles. The van der Waals surface area contributed by atoms with Gasteiger partial charge < -0.3 is 5.32 Å². The summed E-state index contributed by atoms with van der Waals surface area (Å²) in [6.45, 7) is 1.90. The maximum atomic E-state index is 13.0. The van der Waals surface area contributed by atoms with Gasteiger partial charge in [0, 0.05) is 18.6 Å². The minimum Gasteiger partial charge on any atom is -0.344 e. The topological polar surface area (TPSA) is 59.3 Å². The van der Waals surface area contributed by atoms with E-state index in [4.69, 9.17) is 0 Å². The van der Waals surface area contributed by atoms with Gasteiger partial charge >= 0.3 is 6.18 Å². The van der Waals surface area contributed by atoms with Gasteiger partial charge in [0.15, 0.2) is 0 Å². The van der Waals surface area contributed by atoms with Crippen LogP contribution in [0, 0.1) is 0 Å². The first-order chi connectivity index (χ1) is 12.4. The first-order valence-corrected chi connectivity index (χ1v) is 8.16. The van der Waals surface area contributed by atoms with Crippen molar-refractivity contribution in [2.75, 3.05) is 0 Å². The molecule has 0 aliphatic carbocycles. The number of aromatic nitrogens is 3. The molecular formula is C18H17F3N4O. The number of fused-ring (bicyclic) bond motifs is 1. The molecule has 0 radical (unpaired) electrons. The number of imidazole rings is 1. The molecule has 2 aromatic heterocycles. The Balaban J connectivity index is 1.85. The van der Waals surface area contributed by atoms with Gasteiger partial charge in [0.05, 0.1) is 11.6 Å². The van der Waals surface area contributed by atoms with Crippen LogP contribution in [-0.2, 0) is 6.18 Å². The third-order valence-electron chi connectivity index (χ3n) is 3.97. The van der Waals surface area contributed by atoms with Gasteiger partial charge in [0.2, 0.25) is 5.78 Å². The minimum absolute atomic E-state index is 0.164. The van der Waals surface area contributed by atoms with E-state index < -0.39 is 23.7 Å². The number of nitrogens with zero attached hydrogens (tertiary/aromatic N) is 3. The van der Waals surface area contributed by atoms with Crippen molar-refractivity contribution in [2.24, 2.45) is 0 Å². The largest absolute Gasteiger partial charge is 0.416 e. The predicted octanol–water partition coefficient (Wildman–Crippen LogP) is 4.02. The second-order valence-corrected chi connectivity index (χ2v) is 5.89. The lowest BCUT2D eigenvalue weighted by atomic mass is 9.99. The molecule has 136 valence electrons. The Morgan fingerprint density at radius 2 is 2.12 bits per heavy atom. The van der Waals surface area contributed by atoms with Gasteiger partial charge in [-0.05, 0) is 30.2 Å².